The van der Waals surface area contributed by atoms with E-state index in [0.29, 0.717) is 12.0 Å². The van der Waals surface area contributed by atoms with Gasteiger partial charge in [0.1, 0.15) is 0 Å². The number of nitrogens with zero attached hydrogens (tertiary/aromatic N) is 2. The first-order valence-corrected chi connectivity index (χ1v) is 7.21. The van der Waals surface area contributed by atoms with Crippen molar-refractivity contribution in [1.29, 1.82) is 5.26 Å². The lowest BCUT2D eigenvalue weighted by molar-refractivity contribution is 0.128. The molecule has 1 saturated heterocycles. The van der Waals surface area contributed by atoms with Crippen molar-refractivity contribution < 1.29 is 0 Å². The molecule has 1 aliphatic rings. The van der Waals surface area contributed by atoms with Crippen LogP contribution in [0.5, 0.6) is 0 Å². The van der Waals surface area contributed by atoms with Crippen LogP contribution in [0.2, 0.25) is 0 Å². The zero-order valence-electron chi connectivity index (χ0n) is 12.7. The Morgan fingerprint density at radius 2 is 1.95 bits per heavy atom. The van der Waals surface area contributed by atoms with Crippen LogP contribution in [0.15, 0.2) is 24.3 Å². The molecule has 0 aromatic heterocycles. The van der Waals surface area contributed by atoms with E-state index < -0.39 is 0 Å². The zero-order valence-corrected chi connectivity index (χ0v) is 14.3. The minimum Gasteiger partial charge on any atom is -0.314 e. The number of halogens is 2. The molecule has 1 aliphatic heterocycles. The van der Waals surface area contributed by atoms with Gasteiger partial charge in [-0.1, -0.05) is 32.4 Å². The minimum absolute atomic E-state index is 0. The lowest BCUT2D eigenvalue weighted by atomic mass is 9.90. The van der Waals surface area contributed by atoms with Gasteiger partial charge in [-0.2, -0.15) is 5.26 Å². The van der Waals surface area contributed by atoms with Crippen molar-refractivity contribution >= 4 is 24.8 Å². The SMILES string of the molecule is CCC(C)[C@H](c1cccc(C#N)c1)N1CCNCC1.Cl.Cl. The van der Waals surface area contributed by atoms with Gasteiger partial charge in [0.15, 0.2) is 0 Å². The minimum atomic E-state index is 0. The molecule has 0 amide bonds. The largest absolute Gasteiger partial charge is 0.314 e. The van der Waals surface area contributed by atoms with Crippen LogP contribution in [0, 0.1) is 17.2 Å². The molecule has 1 N–H and O–H groups in total. The predicted molar refractivity (Wildman–Crippen MR) is 92.3 cm³/mol. The summed E-state index contributed by atoms with van der Waals surface area (Å²) in [6.45, 7) is 8.85. The van der Waals surface area contributed by atoms with Crippen LogP contribution >= 0.6 is 24.8 Å². The summed E-state index contributed by atoms with van der Waals surface area (Å²) in [7, 11) is 0. The van der Waals surface area contributed by atoms with Gasteiger partial charge in [-0.3, -0.25) is 4.90 Å². The molecular weight excluding hydrogens is 305 g/mol. The number of hydrogen-bond acceptors (Lipinski definition) is 3. The summed E-state index contributed by atoms with van der Waals surface area (Å²) in [5.74, 6) is 0.604. The Hall–Kier alpha value is -0.790. The van der Waals surface area contributed by atoms with Crippen LogP contribution in [0.3, 0.4) is 0 Å². The van der Waals surface area contributed by atoms with Gasteiger partial charge in [0, 0.05) is 32.2 Å². The average Bonchev–Trinajstić information content (AvgIpc) is 2.48. The Balaban J connectivity index is 0.00000200. The second kappa shape index (κ2) is 10.0. The van der Waals surface area contributed by atoms with Crippen LogP contribution in [-0.4, -0.2) is 31.1 Å². The van der Waals surface area contributed by atoms with E-state index in [4.69, 9.17) is 5.26 Å². The van der Waals surface area contributed by atoms with Gasteiger partial charge >= 0.3 is 0 Å². The molecule has 1 aromatic rings. The van der Waals surface area contributed by atoms with Gasteiger partial charge in [-0.05, 0) is 23.6 Å². The van der Waals surface area contributed by atoms with E-state index in [2.05, 4.69) is 42.3 Å². The molecule has 0 radical (unpaired) electrons. The molecule has 2 rings (SSSR count). The van der Waals surface area contributed by atoms with E-state index in [1.54, 1.807) is 0 Å². The van der Waals surface area contributed by atoms with Crippen LogP contribution in [0.25, 0.3) is 0 Å². The third kappa shape index (κ3) is 5.16. The molecule has 0 bridgehead atoms. The quantitative estimate of drug-likeness (QED) is 0.920. The number of nitrogens with one attached hydrogen (secondary N) is 1. The Morgan fingerprint density at radius 1 is 1.29 bits per heavy atom. The monoisotopic (exact) mass is 329 g/mol. The van der Waals surface area contributed by atoms with Crippen molar-refractivity contribution in [2.24, 2.45) is 5.92 Å². The Bertz CT molecular complexity index is 453. The van der Waals surface area contributed by atoms with Crippen molar-refractivity contribution in [3.05, 3.63) is 35.4 Å². The highest BCUT2D eigenvalue weighted by Gasteiger charge is 2.26. The number of piperazine rings is 1. The molecule has 3 nitrogen and oxygen atoms in total. The maximum Gasteiger partial charge on any atom is 0.0991 e. The maximum absolute atomic E-state index is 9.08. The highest BCUT2D eigenvalue weighted by atomic mass is 35.5. The second-order valence-electron chi connectivity index (χ2n) is 5.35. The number of benzene rings is 1. The molecule has 0 saturated carbocycles. The standard InChI is InChI=1S/C16H23N3.2ClH/c1-3-13(2)16(19-9-7-18-8-10-19)15-6-4-5-14(11-15)12-17;;/h4-6,11,13,16,18H,3,7-10H2,1-2H3;2*1H/t13?,16-;;/m1../s1. The van der Waals surface area contributed by atoms with Gasteiger partial charge in [-0.25, -0.2) is 0 Å². The van der Waals surface area contributed by atoms with Crippen LogP contribution < -0.4 is 5.32 Å². The van der Waals surface area contributed by atoms with Gasteiger partial charge < -0.3 is 5.32 Å². The summed E-state index contributed by atoms with van der Waals surface area (Å²) in [5.41, 5.74) is 2.05. The third-order valence-electron chi connectivity index (χ3n) is 4.09. The molecular formula is C16H25Cl2N3. The van der Waals surface area contributed by atoms with Crippen LogP contribution in [0.1, 0.15) is 37.4 Å². The lowest BCUT2D eigenvalue weighted by Crippen LogP contribution is -2.46. The fourth-order valence-corrected chi connectivity index (χ4v) is 2.87. The second-order valence-corrected chi connectivity index (χ2v) is 5.35. The summed E-state index contributed by atoms with van der Waals surface area (Å²) >= 11 is 0. The molecule has 1 fully saturated rings. The van der Waals surface area contributed by atoms with Gasteiger partial charge in [0.25, 0.3) is 0 Å². The molecule has 21 heavy (non-hydrogen) atoms. The third-order valence-corrected chi connectivity index (χ3v) is 4.09. The molecule has 0 aliphatic carbocycles. The van der Waals surface area contributed by atoms with Crippen molar-refractivity contribution in [2.75, 3.05) is 26.2 Å². The van der Waals surface area contributed by atoms with Crippen LogP contribution in [-0.2, 0) is 0 Å². The maximum atomic E-state index is 9.08. The molecule has 1 heterocycles. The van der Waals surface area contributed by atoms with Crippen molar-refractivity contribution in [1.82, 2.24) is 10.2 Å². The first-order valence-electron chi connectivity index (χ1n) is 7.21. The van der Waals surface area contributed by atoms with Crippen molar-refractivity contribution in [3.63, 3.8) is 0 Å². The van der Waals surface area contributed by atoms with E-state index in [-0.39, 0.29) is 24.8 Å². The van der Waals surface area contributed by atoms with E-state index in [0.717, 1.165) is 38.2 Å². The van der Waals surface area contributed by atoms with Gasteiger partial charge in [-0.15, -0.1) is 24.8 Å². The number of nitriles is 1. The van der Waals surface area contributed by atoms with Crippen molar-refractivity contribution in [3.8, 4) is 6.07 Å². The van der Waals surface area contributed by atoms with Gasteiger partial charge in [0.2, 0.25) is 0 Å². The first-order chi connectivity index (χ1) is 9.26. The molecule has 2 atom stereocenters. The van der Waals surface area contributed by atoms with E-state index >= 15 is 0 Å². The zero-order chi connectivity index (χ0) is 13.7. The fraction of sp³-hybridized carbons (Fsp3) is 0.562. The van der Waals surface area contributed by atoms with E-state index in [9.17, 15) is 0 Å². The Kier molecular flexibility index (Phi) is 9.65. The topological polar surface area (TPSA) is 39.1 Å². The first kappa shape index (κ1) is 20.2. The summed E-state index contributed by atoms with van der Waals surface area (Å²) in [5, 5.41) is 12.5. The van der Waals surface area contributed by atoms with Crippen molar-refractivity contribution in [2.45, 2.75) is 26.3 Å². The Morgan fingerprint density at radius 3 is 2.52 bits per heavy atom. The summed E-state index contributed by atoms with van der Waals surface area (Å²) in [4.78, 5) is 2.56. The van der Waals surface area contributed by atoms with Gasteiger partial charge in [0.05, 0.1) is 11.6 Å². The summed E-state index contributed by atoms with van der Waals surface area (Å²) < 4.78 is 0. The van der Waals surface area contributed by atoms with E-state index in [1.807, 2.05) is 12.1 Å². The highest BCUT2D eigenvalue weighted by molar-refractivity contribution is 5.85. The number of rotatable bonds is 4. The highest BCUT2D eigenvalue weighted by Crippen LogP contribution is 2.31. The molecule has 1 unspecified atom stereocenters. The molecule has 0 spiro atoms. The summed E-state index contributed by atoms with van der Waals surface area (Å²) in [6, 6.07) is 10.8. The predicted octanol–water partition coefficient (Wildman–Crippen LogP) is 3.39. The number of hydrogen-bond donors (Lipinski definition) is 1. The Labute approximate surface area is 140 Å². The molecule has 118 valence electrons. The smallest absolute Gasteiger partial charge is 0.0991 e. The normalized spacial score (nSPS) is 17.8. The van der Waals surface area contributed by atoms with E-state index in [1.165, 1.54) is 5.56 Å². The molecule has 5 heteroatoms. The lowest BCUT2D eigenvalue weighted by Gasteiger charge is -2.38. The fourth-order valence-electron chi connectivity index (χ4n) is 2.87. The summed E-state index contributed by atoms with van der Waals surface area (Å²) in [6.07, 6.45) is 1.16. The molecule has 1 aromatic carbocycles. The van der Waals surface area contributed by atoms with Crippen LogP contribution in [0.4, 0.5) is 0 Å². The average molecular weight is 330 g/mol.